The summed E-state index contributed by atoms with van der Waals surface area (Å²) < 4.78 is 0. The molecule has 88 valence electrons. The SMILES string of the molecule is c1nc(NC2CC2)c2c3c(sc2n1)CNCC3. The number of nitrogens with one attached hydrogen (secondary N) is 2. The van der Waals surface area contributed by atoms with Crippen LogP contribution in [-0.4, -0.2) is 22.6 Å². The van der Waals surface area contributed by atoms with Crippen molar-refractivity contribution in [3.63, 3.8) is 0 Å². The monoisotopic (exact) mass is 246 g/mol. The van der Waals surface area contributed by atoms with Crippen molar-refractivity contribution in [2.45, 2.75) is 31.8 Å². The second kappa shape index (κ2) is 3.65. The highest BCUT2D eigenvalue weighted by atomic mass is 32.1. The molecule has 1 fully saturated rings. The van der Waals surface area contributed by atoms with Gasteiger partial charge in [-0.2, -0.15) is 0 Å². The lowest BCUT2D eigenvalue weighted by Crippen LogP contribution is -2.22. The predicted octanol–water partition coefficient (Wildman–Crippen LogP) is 1.91. The molecule has 0 aromatic carbocycles. The van der Waals surface area contributed by atoms with E-state index in [1.165, 1.54) is 28.7 Å². The number of thiophene rings is 1. The van der Waals surface area contributed by atoms with Crippen LogP contribution in [0, 0.1) is 0 Å². The van der Waals surface area contributed by atoms with Crippen LogP contribution in [0.4, 0.5) is 5.82 Å². The van der Waals surface area contributed by atoms with Gasteiger partial charge < -0.3 is 10.6 Å². The van der Waals surface area contributed by atoms with E-state index in [4.69, 9.17) is 0 Å². The van der Waals surface area contributed by atoms with Crippen LogP contribution in [0.1, 0.15) is 23.3 Å². The molecule has 0 atom stereocenters. The molecule has 2 aromatic heterocycles. The first-order valence-corrected chi connectivity index (χ1v) is 6.96. The highest BCUT2D eigenvalue weighted by Gasteiger charge is 2.25. The Kier molecular flexibility index (Phi) is 2.10. The third-order valence-corrected chi connectivity index (χ3v) is 4.57. The molecule has 17 heavy (non-hydrogen) atoms. The van der Waals surface area contributed by atoms with Crippen molar-refractivity contribution in [2.24, 2.45) is 0 Å². The van der Waals surface area contributed by atoms with Gasteiger partial charge in [-0.05, 0) is 31.4 Å². The summed E-state index contributed by atoms with van der Waals surface area (Å²) in [7, 11) is 0. The van der Waals surface area contributed by atoms with Gasteiger partial charge in [0.05, 0.1) is 5.39 Å². The Labute approximate surface area is 103 Å². The standard InChI is InChI=1S/C12H14N4S/c1-2-7(1)16-11-10-8-3-4-13-5-9(8)17-12(10)15-6-14-11/h6-7,13H,1-5H2,(H,14,15,16). The quantitative estimate of drug-likeness (QED) is 0.850. The van der Waals surface area contributed by atoms with E-state index in [1.54, 1.807) is 6.33 Å². The van der Waals surface area contributed by atoms with Gasteiger partial charge >= 0.3 is 0 Å². The Hall–Kier alpha value is -1.20. The number of fused-ring (bicyclic) bond motifs is 3. The van der Waals surface area contributed by atoms with Gasteiger partial charge in [-0.15, -0.1) is 11.3 Å². The van der Waals surface area contributed by atoms with Crippen molar-refractivity contribution in [1.29, 1.82) is 0 Å². The van der Waals surface area contributed by atoms with Crippen molar-refractivity contribution in [3.05, 3.63) is 16.8 Å². The number of anilines is 1. The molecule has 0 spiro atoms. The lowest BCUT2D eigenvalue weighted by molar-refractivity contribution is 0.657. The molecule has 0 saturated heterocycles. The highest BCUT2D eigenvalue weighted by Crippen LogP contribution is 2.37. The van der Waals surface area contributed by atoms with E-state index in [2.05, 4.69) is 20.6 Å². The molecular weight excluding hydrogens is 232 g/mol. The Balaban J connectivity index is 1.90. The Morgan fingerprint density at radius 1 is 1.35 bits per heavy atom. The minimum atomic E-state index is 0.644. The molecule has 3 heterocycles. The van der Waals surface area contributed by atoms with Crippen molar-refractivity contribution in [3.8, 4) is 0 Å². The van der Waals surface area contributed by atoms with Crippen LogP contribution >= 0.6 is 11.3 Å². The summed E-state index contributed by atoms with van der Waals surface area (Å²) in [6.07, 6.45) is 5.34. The van der Waals surface area contributed by atoms with E-state index in [0.29, 0.717) is 6.04 Å². The van der Waals surface area contributed by atoms with Crippen molar-refractivity contribution in [2.75, 3.05) is 11.9 Å². The Bertz CT molecular complexity index is 573. The molecule has 1 aliphatic carbocycles. The third-order valence-electron chi connectivity index (χ3n) is 3.43. The first kappa shape index (κ1) is 9.79. The van der Waals surface area contributed by atoms with Crippen LogP contribution in [-0.2, 0) is 13.0 Å². The van der Waals surface area contributed by atoms with Gasteiger partial charge in [0, 0.05) is 17.5 Å². The van der Waals surface area contributed by atoms with Crippen LogP contribution in [0.5, 0.6) is 0 Å². The van der Waals surface area contributed by atoms with Gasteiger partial charge in [0.25, 0.3) is 0 Å². The van der Waals surface area contributed by atoms with E-state index < -0.39 is 0 Å². The van der Waals surface area contributed by atoms with Gasteiger partial charge in [-0.1, -0.05) is 0 Å². The fraction of sp³-hybridized carbons (Fsp3) is 0.500. The van der Waals surface area contributed by atoms with Crippen LogP contribution in [0.15, 0.2) is 6.33 Å². The first-order valence-electron chi connectivity index (χ1n) is 6.14. The third kappa shape index (κ3) is 1.61. The zero-order chi connectivity index (χ0) is 11.2. The minimum absolute atomic E-state index is 0.644. The second-order valence-electron chi connectivity index (χ2n) is 4.75. The lowest BCUT2D eigenvalue weighted by atomic mass is 10.1. The summed E-state index contributed by atoms with van der Waals surface area (Å²) in [5.74, 6) is 1.05. The van der Waals surface area contributed by atoms with Crippen LogP contribution in [0.3, 0.4) is 0 Å². The summed E-state index contributed by atoms with van der Waals surface area (Å²) >= 11 is 1.81. The molecule has 0 amide bonds. The molecule has 0 unspecified atom stereocenters. The molecular formula is C12H14N4S. The summed E-state index contributed by atoms with van der Waals surface area (Å²) in [5, 5.41) is 8.23. The Morgan fingerprint density at radius 2 is 2.29 bits per heavy atom. The molecule has 2 aromatic rings. The number of hydrogen-bond donors (Lipinski definition) is 2. The summed E-state index contributed by atoms with van der Waals surface area (Å²) in [4.78, 5) is 11.4. The molecule has 0 bridgehead atoms. The topological polar surface area (TPSA) is 49.8 Å². The summed E-state index contributed by atoms with van der Waals surface area (Å²) in [5.41, 5.74) is 1.47. The molecule has 2 aliphatic rings. The molecule has 5 heteroatoms. The largest absolute Gasteiger partial charge is 0.367 e. The van der Waals surface area contributed by atoms with Crippen LogP contribution < -0.4 is 10.6 Å². The van der Waals surface area contributed by atoms with Crippen molar-refractivity contribution < 1.29 is 0 Å². The van der Waals surface area contributed by atoms with Gasteiger partial charge in [0.1, 0.15) is 17.0 Å². The number of aromatic nitrogens is 2. The Morgan fingerprint density at radius 3 is 3.18 bits per heavy atom. The van der Waals surface area contributed by atoms with Crippen molar-refractivity contribution in [1.82, 2.24) is 15.3 Å². The molecule has 4 rings (SSSR count). The lowest BCUT2D eigenvalue weighted by Gasteiger charge is -2.13. The second-order valence-corrected chi connectivity index (χ2v) is 5.84. The molecule has 1 aliphatic heterocycles. The maximum absolute atomic E-state index is 4.43. The van der Waals surface area contributed by atoms with E-state index >= 15 is 0 Å². The minimum Gasteiger partial charge on any atom is -0.367 e. The fourth-order valence-electron chi connectivity index (χ4n) is 2.39. The number of rotatable bonds is 2. The van der Waals surface area contributed by atoms with E-state index in [1.807, 2.05) is 11.3 Å². The van der Waals surface area contributed by atoms with E-state index in [0.717, 1.165) is 30.2 Å². The van der Waals surface area contributed by atoms with Gasteiger partial charge in [0.15, 0.2) is 0 Å². The maximum Gasteiger partial charge on any atom is 0.138 e. The van der Waals surface area contributed by atoms with E-state index in [-0.39, 0.29) is 0 Å². The molecule has 0 radical (unpaired) electrons. The van der Waals surface area contributed by atoms with E-state index in [9.17, 15) is 0 Å². The number of nitrogens with zero attached hydrogens (tertiary/aromatic N) is 2. The van der Waals surface area contributed by atoms with Gasteiger partial charge in [0.2, 0.25) is 0 Å². The maximum atomic E-state index is 4.43. The molecule has 2 N–H and O–H groups in total. The number of hydrogen-bond acceptors (Lipinski definition) is 5. The van der Waals surface area contributed by atoms with Crippen LogP contribution in [0.2, 0.25) is 0 Å². The predicted molar refractivity (Wildman–Crippen MR) is 69.5 cm³/mol. The van der Waals surface area contributed by atoms with Gasteiger partial charge in [-0.25, -0.2) is 9.97 Å². The fourth-order valence-corrected chi connectivity index (χ4v) is 3.55. The summed E-state index contributed by atoms with van der Waals surface area (Å²) in [6, 6.07) is 0.644. The first-order chi connectivity index (χ1) is 8.42. The smallest absolute Gasteiger partial charge is 0.138 e. The molecule has 4 nitrogen and oxygen atoms in total. The van der Waals surface area contributed by atoms with Gasteiger partial charge in [-0.3, -0.25) is 0 Å². The average molecular weight is 246 g/mol. The zero-order valence-electron chi connectivity index (χ0n) is 9.49. The normalized spacial score (nSPS) is 19.3. The average Bonchev–Trinajstić information content (AvgIpc) is 3.08. The summed E-state index contributed by atoms with van der Waals surface area (Å²) in [6.45, 7) is 2.05. The molecule has 1 saturated carbocycles. The van der Waals surface area contributed by atoms with Crippen LogP contribution in [0.25, 0.3) is 10.2 Å². The van der Waals surface area contributed by atoms with Crippen molar-refractivity contribution >= 4 is 27.4 Å². The highest BCUT2D eigenvalue weighted by molar-refractivity contribution is 7.18. The zero-order valence-corrected chi connectivity index (χ0v) is 10.3.